The maximum absolute atomic E-state index is 9.19. The summed E-state index contributed by atoms with van der Waals surface area (Å²) in [6.45, 7) is 4.26. The molecule has 2 N–H and O–H groups in total. The molecule has 0 unspecified atom stereocenters. The lowest BCUT2D eigenvalue weighted by Crippen LogP contribution is -2.44. The van der Waals surface area contributed by atoms with Crippen LogP contribution in [0.5, 0.6) is 0 Å². The number of nitrogens with zero attached hydrogens (tertiary/aromatic N) is 6. The highest BCUT2D eigenvalue weighted by molar-refractivity contribution is 6.00. The number of nitriles is 1. The summed E-state index contributed by atoms with van der Waals surface area (Å²) in [5, 5.41) is 9.19. The van der Waals surface area contributed by atoms with E-state index in [1.165, 1.54) is 11.1 Å². The molecule has 1 spiro atoms. The molecule has 0 amide bonds. The maximum atomic E-state index is 9.19. The average Bonchev–Trinajstić information content (AvgIpc) is 3.32. The van der Waals surface area contributed by atoms with E-state index in [0.717, 1.165) is 55.4 Å². The number of fused-ring (bicyclic) bond motifs is 2. The zero-order chi connectivity index (χ0) is 20.9. The van der Waals surface area contributed by atoms with Crippen molar-refractivity contribution in [3.63, 3.8) is 0 Å². The van der Waals surface area contributed by atoms with Crippen LogP contribution in [-0.4, -0.2) is 46.9 Å². The van der Waals surface area contributed by atoms with Gasteiger partial charge < -0.3 is 15.5 Å². The molecule has 30 heavy (non-hydrogen) atoms. The minimum Gasteiger partial charge on any atom is -0.355 e. The van der Waals surface area contributed by atoms with Crippen LogP contribution < -0.4 is 10.6 Å². The summed E-state index contributed by atoms with van der Waals surface area (Å²) in [5.74, 6) is 1.67. The van der Waals surface area contributed by atoms with Crippen LogP contribution in [0.25, 0.3) is 0 Å². The van der Waals surface area contributed by atoms with E-state index >= 15 is 0 Å². The van der Waals surface area contributed by atoms with E-state index in [0.29, 0.717) is 6.54 Å². The number of aromatic nitrogens is 2. The molecule has 2 aliphatic heterocycles. The molecule has 2 aromatic rings. The number of hydrogen-bond acceptors (Lipinski definition) is 7. The third kappa shape index (κ3) is 2.86. The van der Waals surface area contributed by atoms with E-state index in [4.69, 9.17) is 10.7 Å². The van der Waals surface area contributed by atoms with Crippen molar-refractivity contribution in [1.82, 2.24) is 14.9 Å². The zero-order valence-corrected chi connectivity index (χ0v) is 17.5. The summed E-state index contributed by atoms with van der Waals surface area (Å²) in [5.41, 5.74) is 11.3. The molecule has 1 aliphatic carbocycles. The van der Waals surface area contributed by atoms with E-state index in [-0.39, 0.29) is 17.5 Å². The summed E-state index contributed by atoms with van der Waals surface area (Å²) in [6.07, 6.45) is 5.05. The molecule has 3 heterocycles. The number of hydrogen-bond donors (Lipinski definition) is 1. The Labute approximate surface area is 177 Å². The number of amidine groups is 1. The average molecular weight is 402 g/mol. The van der Waals surface area contributed by atoms with Gasteiger partial charge in [-0.2, -0.15) is 5.26 Å². The summed E-state index contributed by atoms with van der Waals surface area (Å²) in [6, 6.07) is 10.7. The first-order valence-electron chi connectivity index (χ1n) is 10.6. The highest BCUT2D eigenvalue weighted by Crippen LogP contribution is 2.50. The molecule has 2 atom stereocenters. The van der Waals surface area contributed by atoms with E-state index in [1.54, 1.807) is 0 Å². The lowest BCUT2D eigenvalue weighted by molar-refractivity contribution is 0.187. The van der Waals surface area contributed by atoms with Crippen molar-refractivity contribution in [1.29, 1.82) is 5.26 Å². The predicted octanol–water partition coefficient (Wildman–Crippen LogP) is 2.42. The third-order valence-corrected chi connectivity index (χ3v) is 7.20. The molecule has 0 saturated carbocycles. The van der Waals surface area contributed by atoms with Crippen molar-refractivity contribution >= 4 is 11.7 Å². The van der Waals surface area contributed by atoms with Gasteiger partial charge in [-0.25, -0.2) is 9.97 Å². The van der Waals surface area contributed by atoms with Crippen molar-refractivity contribution in [2.24, 2.45) is 16.1 Å². The minimum atomic E-state index is -0.255. The van der Waals surface area contributed by atoms with E-state index < -0.39 is 0 Å². The Hall–Kier alpha value is -2.98. The van der Waals surface area contributed by atoms with Crippen LogP contribution in [0.3, 0.4) is 0 Å². The van der Waals surface area contributed by atoms with Crippen LogP contribution >= 0.6 is 0 Å². The molecular formula is C23H27N7. The smallest absolute Gasteiger partial charge is 0.153 e. The SMILES string of the molecule is C[C@@H](C#N)N(C)C1=NCc2nc(N3CCC4(CC3)Cc3ccccc3[C@H]4N)cnc21. The second-order valence-electron chi connectivity index (χ2n) is 8.78. The zero-order valence-electron chi connectivity index (χ0n) is 17.5. The maximum Gasteiger partial charge on any atom is 0.153 e. The number of piperidine rings is 1. The summed E-state index contributed by atoms with van der Waals surface area (Å²) in [4.78, 5) is 18.3. The van der Waals surface area contributed by atoms with Gasteiger partial charge >= 0.3 is 0 Å². The van der Waals surface area contributed by atoms with E-state index in [9.17, 15) is 5.26 Å². The molecule has 0 radical (unpaired) electrons. The Morgan fingerprint density at radius 1 is 1.30 bits per heavy atom. The first-order chi connectivity index (χ1) is 14.5. The summed E-state index contributed by atoms with van der Waals surface area (Å²) in [7, 11) is 1.88. The fourth-order valence-corrected chi connectivity index (χ4v) is 5.13. The lowest BCUT2D eigenvalue weighted by Gasteiger charge is -2.42. The van der Waals surface area contributed by atoms with Gasteiger partial charge in [0.2, 0.25) is 0 Å². The number of nitrogens with two attached hydrogens (primary N) is 1. The monoisotopic (exact) mass is 401 g/mol. The molecule has 154 valence electrons. The van der Waals surface area contributed by atoms with Crippen LogP contribution in [0.15, 0.2) is 35.5 Å². The van der Waals surface area contributed by atoms with Gasteiger partial charge in [0.15, 0.2) is 5.84 Å². The first-order valence-corrected chi connectivity index (χ1v) is 10.6. The minimum absolute atomic E-state index is 0.121. The van der Waals surface area contributed by atoms with Gasteiger partial charge in [-0.3, -0.25) is 4.99 Å². The second-order valence-corrected chi connectivity index (χ2v) is 8.78. The van der Waals surface area contributed by atoms with E-state index in [2.05, 4.69) is 45.2 Å². The van der Waals surface area contributed by atoms with E-state index in [1.807, 2.05) is 25.1 Å². The third-order valence-electron chi connectivity index (χ3n) is 7.20. The summed E-state index contributed by atoms with van der Waals surface area (Å²) < 4.78 is 0. The Balaban J connectivity index is 1.30. The molecule has 1 fully saturated rings. The Bertz CT molecular complexity index is 1050. The van der Waals surface area contributed by atoms with Crippen LogP contribution in [0.1, 0.15) is 48.3 Å². The Morgan fingerprint density at radius 3 is 2.80 bits per heavy atom. The number of benzene rings is 1. The lowest BCUT2D eigenvalue weighted by atomic mass is 9.73. The van der Waals surface area contributed by atoms with Gasteiger partial charge in [0, 0.05) is 26.2 Å². The largest absolute Gasteiger partial charge is 0.355 e. The number of aliphatic imine (C=N–C) groups is 1. The topological polar surface area (TPSA) is 94.4 Å². The van der Waals surface area contributed by atoms with Gasteiger partial charge in [0.25, 0.3) is 0 Å². The van der Waals surface area contributed by atoms with Gasteiger partial charge in [0.05, 0.1) is 24.5 Å². The predicted molar refractivity (Wildman–Crippen MR) is 116 cm³/mol. The molecular weight excluding hydrogens is 374 g/mol. The molecule has 7 heteroatoms. The fourth-order valence-electron chi connectivity index (χ4n) is 5.13. The highest BCUT2D eigenvalue weighted by atomic mass is 15.2. The van der Waals surface area contributed by atoms with Crippen molar-refractivity contribution < 1.29 is 0 Å². The van der Waals surface area contributed by atoms with Gasteiger partial charge in [0.1, 0.15) is 17.6 Å². The number of rotatable bonds is 2. The van der Waals surface area contributed by atoms with Crippen LogP contribution in [0, 0.1) is 16.7 Å². The van der Waals surface area contributed by atoms with Gasteiger partial charge in [-0.15, -0.1) is 0 Å². The Morgan fingerprint density at radius 2 is 2.07 bits per heavy atom. The van der Waals surface area contributed by atoms with Crippen molar-refractivity contribution in [2.75, 3.05) is 25.0 Å². The molecule has 3 aliphatic rings. The second kappa shape index (κ2) is 7.06. The molecule has 0 bridgehead atoms. The summed E-state index contributed by atoms with van der Waals surface area (Å²) >= 11 is 0. The molecule has 1 saturated heterocycles. The number of anilines is 1. The van der Waals surface area contributed by atoms with Crippen molar-refractivity contribution in [3.8, 4) is 6.07 Å². The molecule has 7 nitrogen and oxygen atoms in total. The Kier molecular flexibility index (Phi) is 4.48. The van der Waals surface area contributed by atoms with Gasteiger partial charge in [-0.05, 0) is 42.7 Å². The molecule has 5 rings (SSSR count). The normalized spacial score (nSPS) is 22.3. The van der Waals surface area contributed by atoms with Crippen LogP contribution in [-0.2, 0) is 13.0 Å². The van der Waals surface area contributed by atoms with Gasteiger partial charge in [-0.1, -0.05) is 24.3 Å². The van der Waals surface area contributed by atoms with Crippen LogP contribution in [0.4, 0.5) is 5.82 Å². The van der Waals surface area contributed by atoms with Crippen molar-refractivity contribution in [2.45, 2.75) is 44.8 Å². The molecule has 1 aromatic carbocycles. The fraction of sp³-hybridized carbons (Fsp3) is 0.478. The quantitative estimate of drug-likeness (QED) is 0.830. The highest BCUT2D eigenvalue weighted by Gasteiger charge is 2.46. The standard InChI is InChI=1S/C23H27N7/c1-15(12-24)29(2)22-20-18(13-27-22)28-19(14-26-20)30-9-7-23(8-10-30)11-16-5-3-4-6-17(16)21(23)25/h3-6,14-15,21H,7-11,13,25H2,1-2H3/t15-,21+/m0/s1. The first kappa shape index (κ1) is 19.0. The van der Waals surface area contributed by atoms with Crippen LogP contribution in [0.2, 0.25) is 0 Å². The van der Waals surface area contributed by atoms with Crippen molar-refractivity contribution in [3.05, 3.63) is 53.0 Å². The molecule has 1 aromatic heterocycles.